The number of benzene rings is 1. The highest BCUT2D eigenvalue weighted by Gasteiger charge is 2.23. The predicted octanol–water partition coefficient (Wildman–Crippen LogP) is 2.81. The Kier molecular flexibility index (Phi) is 5.35. The molecule has 130 valence electrons. The third kappa shape index (κ3) is 4.39. The molecule has 0 spiro atoms. The molecule has 1 amide bonds. The molecule has 1 aromatic carbocycles. The highest BCUT2D eigenvalue weighted by Crippen LogP contribution is 2.26. The lowest BCUT2D eigenvalue weighted by Gasteiger charge is -2.31. The number of carbonyl (C=O) groups is 1. The van der Waals surface area contributed by atoms with Crippen LogP contribution in [0.1, 0.15) is 24.5 Å². The van der Waals surface area contributed by atoms with Gasteiger partial charge in [0.25, 0.3) is 5.69 Å². The van der Waals surface area contributed by atoms with Crippen molar-refractivity contribution >= 4 is 17.3 Å². The molecule has 7 heteroatoms. The fourth-order valence-corrected chi connectivity index (χ4v) is 3.14. The number of nitrogens with one attached hydrogen (secondary N) is 1. The summed E-state index contributed by atoms with van der Waals surface area (Å²) in [6.07, 6.45) is 3.72. The average Bonchev–Trinajstić information content (AvgIpc) is 2.63. The number of likely N-dealkylation sites (tertiary alicyclic amines) is 1. The minimum atomic E-state index is -0.492. The van der Waals surface area contributed by atoms with Gasteiger partial charge in [0.2, 0.25) is 5.91 Å². The van der Waals surface area contributed by atoms with Crippen molar-refractivity contribution in [3.8, 4) is 0 Å². The number of nitro benzene ring substituents is 1. The molecule has 0 saturated carbocycles. The first-order valence-corrected chi connectivity index (χ1v) is 8.30. The SMILES string of the molecule is O=C(CN1CCC(c2ccccn2)CC1)Nc1ccccc1[N+](=O)[O-]. The maximum absolute atomic E-state index is 12.2. The van der Waals surface area contributed by atoms with Crippen LogP contribution in [-0.2, 0) is 4.79 Å². The third-order valence-corrected chi connectivity index (χ3v) is 4.44. The number of anilines is 1. The van der Waals surface area contributed by atoms with Crippen molar-refractivity contribution < 1.29 is 9.72 Å². The van der Waals surface area contributed by atoms with Gasteiger partial charge in [0.1, 0.15) is 5.69 Å². The zero-order valence-electron chi connectivity index (χ0n) is 13.8. The molecule has 25 heavy (non-hydrogen) atoms. The van der Waals surface area contributed by atoms with Crippen LogP contribution in [0.3, 0.4) is 0 Å². The molecule has 1 N–H and O–H groups in total. The van der Waals surface area contributed by atoms with Crippen molar-refractivity contribution in [3.05, 3.63) is 64.5 Å². The van der Waals surface area contributed by atoms with Gasteiger partial charge in [0.05, 0.1) is 11.5 Å². The van der Waals surface area contributed by atoms with Gasteiger partial charge in [-0.25, -0.2) is 0 Å². The van der Waals surface area contributed by atoms with Crippen LogP contribution < -0.4 is 5.32 Å². The number of nitrogens with zero attached hydrogens (tertiary/aromatic N) is 3. The quantitative estimate of drug-likeness (QED) is 0.668. The van der Waals surface area contributed by atoms with Crippen molar-refractivity contribution in [1.29, 1.82) is 0 Å². The molecule has 1 aromatic heterocycles. The minimum Gasteiger partial charge on any atom is -0.319 e. The number of pyridine rings is 1. The normalized spacial score (nSPS) is 15.7. The van der Waals surface area contributed by atoms with Crippen LogP contribution in [0, 0.1) is 10.1 Å². The fraction of sp³-hybridized carbons (Fsp3) is 0.333. The summed E-state index contributed by atoms with van der Waals surface area (Å²) in [4.78, 5) is 29.2. The van der Waals surface area contributed by atoms with Gasteiger partial charge in [0, 0.05) is 23.9 Å². The van der Waals surface area contributed by atoms with E-state index in [9.17, 15) is 14.9 Å². The second-order valence-corrected chi connectivity index (χ2v) is 6.13. The van der Waals surface area contributed by atoms with E-state index in [4.69, 9.17) is 0 Å². The number of amides is 1. The van der Waals surface area contributed by atoms with Crippen LogP contribution >= 0.6 is 0 Å². The van der Waals surface area contributed by atoms with E-state index in [1.54, 1.807) is 18.2 Å². The summed E-state index contributed by atoms with van der Waals surface area (Å²) in [6.45, 7) is 1.86. The Morgan fingerprint density at radius 2 is 1.92 bits per heavy atom. The van der Waals surface area contributed by atoms with Crippen LogP contribution in [0.2, 0.25) is 0 Å². The Morgan fingerprint density at radius 1 is 1.20 bits per heavy atom. The van der Waals surface area contributed by atoms with Gasteiger partial charge in [-0.1, -0.05) is 18.2 Å². The smallest absolute Gasteiger partial charge is 0.292 e. The minimum absolute atomic E-state index is 0.0929. The van der Waals surface area contributed by atoms with Crippen molar-refractivity contribution in [2.75, 3.05) is 25.0 Å². The first kappa shape index (κ1) is 17.0. The van der Waals surface area contributed by atoms with E-state index in [0.717, 1.165) is 31.6 Å². The molecular weight excluding hydrogens is 320 g/mol. The lowest BCUT2D eigenvalue weighted by atomic mass is 9.93. The van der Waals surface area contributed by atoms with E-state index in [1.165, 1.54) is 6.07 Å². The summed E-state index contributed by atoms with van der Waals surface area (Å²) in [5, 5.41) is 13.6. The molecule has 0 atom stereocenters. The number of hydrogen-bond acceptors (Lipinski definition) is 5. The van der Waals surface area contributed by atoms with Gasteiger partial charge in [-0.05, 0) is 44.1 Å². The number of para-hydroxylation sites is 2. The van der Waals surface area contributed by atoms with E-state index < -0.39 is 4.92 Å². The second kappa shape index (κ2) is 7.85. The number of nitro groups is 1. The van der Waals surface area contributed by atoms with Crippen molar-refractivity contribution in [3.63, 3.8) is 0 Å². The Bertz CT molecular complexity index is 743. The Balaban J connectivity index is 1.52. The van der Waals surface area contributed by atoms with Crippen molar-refractivity contribution in [1.82, 2.24) is 9.88 Å². The molecule has 0 bridgehead atoms. The summed E-state index contributed by atoms with van der Waals surface area (Å²) >= 11 is 0. The van der Waals surface area contributed by atoms with Crippen LogP contribution in [-0.4, -0.2) is 40.3 Å². The highest BCUT2D eigenvalue weighted by molar-refractivity contribution is 5.94. The number of aromatic nitrogens is 1. The molecule has 1 saturated heterocycles. The lowest BCUT2D eigenvalue weighted by Crippen LogP contribution is -2.38. The highest BCUT2D eigenvalue weighted by atomic mass is 16.6. The molecule has 1 aliphatic heterocycles. The first-order chi connectivity index (χ1) is 12.1. The van der Waals surface area contributed by atoms with Gasteiger partial charge in [-0.3, -0.25) is 24.8 Å². The molecule has 0 radical (unpaired) electrons. The molecule has 1 aliphatic rings. The van der Waals surface area contributed by atoms with Gasteiger partial charge in [0.15, 0.2) is 0 Å². The van der Waals surface area contributed by atoms with E-state index in [1.807, 2.05) is 24.4 Å². The molecular formula is C18H20N4O3. The van der Waals surface area contributed by atoms with Gasteiger partial charge < -0.3 is 5.32 Å². The zero-order chi connectivity index (χ0) is 17.6. The van der Waals surface area contributed by atoms with Crippen LogP contribution in [0.25, 0.3) is 0 Å². The summed E-state index contributed by atoms with van der Waals surface area (Å²) in [5.74, 6) is 0.196. The number of hydrogen-bond donors (Lipinski definition) is 1. The largest absolute Gasteiger partial charge is 0.319 e. The maximum Gasteiger partial charge on any atom is 0.292 e. The number of rotatable bonds is 5. The molecule has 3 rings (SSSR count). The summed E-state index contributed by atoms with van der Waals surface area (Å²) < 4.78 is 0. The van der Waals surface area contributed by atoms with E-state index in [0.29, 0.717) is 5.92 Å². The molecule has 0 unspecified atom stereocenters. The molecule has 1 fully saturated rings. The first-order valence-electron chi connectivity index (χ1n) is 8.30. The molecule has 0 aliphatic carbocycles. The van der Waals surface area contributed by atoms with E-state index in [-0.39, 0.29) is 23.8 Å². The Hall–Kier alpha value is -2.80. The van der Waals surface area contributed by atoms with Gasteiger partial charge in [-0.15, -0.1) is 0 Å². The summed E-state index contributed by atoms with van der Waals surface area (Å²) in [7, 11) is 0. The fourth-order valence-electron chi connectivity index (χ4n) is 3.14. The zero-order valence-corrected chi connectivity index (χ0v) is 13.8. The van der Waals surface area contributed by atoms with Crippen molar-refractivity contribution in [2.45, 2.75) is 18.8 Å². The molecule has 2 heterocycles. The van der Waals surface area contributed by atoms with E-state index in [2.05, 4.69) is 15.2 Å². The molecule has 7 nitrogen and oxygen atoms in total. The van der Waals surface area contributed by atoms with Crippen molar-refractivity contribution in [2.24, 2.45) is 0 Å². The van der Waals surface area contributed by atoms with Crippen LogP contribution in [0.5, 0.6) is 0 Å². The van der Waals surface area contributed by atoms with E-state index >= 15 is 0 Å². The summed E-state index contributed by atoms with van der Waals surface area (Å²) in [6, 6.07) is 12.1. The lowest BCUT2D eigenvalue weighted by molar-refractivity contribution is -0.383. The van der Waals surface area contributed by atoms with Crippen LogP contribution in [0.4, 0.5) is 11.4 Å². The Morgan fingerprint density at radius 3 is 2.60 bits per heavy atom. The number of piperidine rings is 1. The second-order valence-electron chi connectivity index (χ2n) is 6.13. The number of carbonyl (C=O) groups excluding carboxylic acids is 1. The summed E-state index contributed by atoms with van der Waals surface area (Å²) in [5.41, 5.74) is 1.25. The van der Waals surface area contributed by atoms with Crippen LogP contribution in [0.15, 0.2) is 48.7 Å². The monoisotopic (exact) mass is 340 g/mol. The standard InChI is InChI=1S/C18H20N4O3/c23-18(20-16-6-1-2-7-17(16)22(24)25)13-21-11-8-14(9-12-21)15-5-3-4-10-19-15/h1-7,10,14H,8-9,11-13H2,(H,20,23). The topological polar surface area (TPSA) is 88.4 Å². The average molecular weight is 340 g/mol. The van der Waals surface area contributed by atoms with Gasteiger partial charge in [-0.2, -0.15) is 0 Å². The molecule has 2 aromatic rings. The third-order valence-electron chi connectivity index (χ3n) is 4.44. The predicted molar refractivity (Wildman–Crippen MR) is 94.4 cm³/mol. The Labute approximate surface area is 145 Å². The maximum atomic E-state index is 12.2. The van der Waals surface area contributed by atoms with Gasteiger partial charge >= 0.3 is 0 Å².